The lowest BCUT2D eigenvalue weighted by Crippen LogP contribution is -1.77. The lowest BCUT2D eigenvalue weighted by Gasteiger charge is -1.96. The van der Waals surface area contributed by atoms with Gasteiger partial charge in [-0.3, -0.25) is 4.79 Å². The fourth-order valence-corrected chi connectivity index (χ4v) is 1.99. The lowest BCUT2D eigenvalue weighted by molar-refractivity contribution is 0.111. The summed E-state index contributed by atoms with van der Waals surface area (Å²) < 4.78 is 0. The monoisotopic (exact) mass is 203 g/mol. The number of aldehydes is 1. The minimum Gasteiger partial charge on any atom is -0.347 e. The molecule has 14 heavy (non-hydrogen) atoms. The second-order valence-corrected chi connectivity index (χ2v) is 3.93. The van der Waals surface area contributed by atoms with Gasteiger partial charge in [-0.05, 0) is 24.3 Å². The molecule has 0 atom stereocenters. The minimum atomic E-state index is 0.614. The molecule has 3 heteroatoms. The van der Waals surface area contributed by atoms with Gasteiger partial charge in [-0.15, -0.1) is 0 Å². The molecule has 0 bridgehead atoms. The van der Waals surface area contributed by atoms with Gasteiger partial charge in [0.1, 0.15) is 0 Å². The van der Waals surface area contributed by atoms with E-state index in [1.165, 1.54) is 0 Å². The van der Waals surface area contributed by atoms with Crippen molar-refractivity contribution in [1.29, 1.82) is 0 Å². The van der Waals surface area contributed by atoms with Gasteiger partial charge in [-0.2, -0.15) is 0 Å². The molecule has 2 aromatic rings. The number of aromatic nitrogens is 1. The van der Waals surface area contributed by atoms with Crippen molar-refractivity contribution in [2.75, 3.05) is 0 Å². The molecule has 2 rings (SSSR count). The molecule has 0 aliphatic carbocycles. The van der Waals surface area contributed by atoms with Gasteiger partial charge in [0.25, 0.3) is 0 Å². The summed E-state index contributed by atoms with van der Waals surface area (Å²) >= 11 is 1.61. The Balaban J connectivity index is 2.15. The van der Waals surface area contributed by atoms with Crippen LogP contribution in [0.5, 0.6) is 0 Å². The summed E-state index contributed by atoms with van der Waals surface area (Å²) in [6, 6.07) is 13.7. The number of nitrogens with one attached hydrogen (secondary N) is 1. The number of carbonyl (C=O) groups is 1. The molecule has 0 fully saturated rings. The summed E-state index contributed by atoms with van der Waals surface area (Å²) in [7, 11) is 0. The van der Waals surface area contributed by atoms with E-state index >= 15 is 0 Å². The van der Waals surface area contributed by atoms with Crippen LogP contribution in [-0.4, -0.2) is 11.3 Å². The van der Waals surface area contributed by atoms with E-state index in [4.69, 9.17) is 0 Å². The summed E-state index contributed by atoms with van der Waals surface area (Å²) in [5.41, 5.74) is 0.614. The second-order valence-electron chi connectivity index (χ2n) is 2.81. The van der Waals surface area contributed by atoms with Gasteiger partial charge in [0.05, 0.1) is 10.7 Å². The average Bonchev–Trinajstić information content (AvgIpc) is 2.67. The zero-order valence-corrected chi connectivity index (χ0v) is 8.25. The Kier molecular flexibility index (Phi) is 2.70. The number of carbonyl (C=O) groups excluding carboxylic acids is 1. The van der Waals surface area contributed by atoms with E-state index < -0.39 is 0 Å². The lowest BCUT2D eigenvalue weighted by atomic mass is 10.4. The minimum absolute atomic E-state index is 0.614. The Morgan fingerprint density at radius 2 is 1.86 bits per heavy atom. The molecule has 0 amide bonds. The van der Waals surface area contributed by atoms with Crippen LogP contribution in [0, 0.1) is 0 Å². The van der Waals surface area contributed by atoms with Crippen LogP contribution >= 0.6 is 11.8 Å². The van der Waals surface area contributed by atoms with Crippen molar-refractivity contribution in [3.63, 3.8) is 0 Å². The van der Waals surface area contributed by atoms with Crippen LogP contribution in [0.25, 0.3) is 0 Å². The maximum absolute atomic E-state index is 10.4. The Bertz CT molecular complexity index is 422. The number of aromatic amines is 1. The van der Waals surface area contributed by atoms with Gasteiger partial charge < -0.3 is 4.98 Å². The summed E-state index contributed by atoms with van der Waals surface area (Å²) in [5.74, 6) is 0. The molecule has 0 saturated carbocycles. The maximum Gasteiger partial charge on any atom is 0.166 e. The Labute approximate surface area is 86.3 Å². The maximum atomic E-state index is 10.4. The molecule has 0 spiro atoms. The highest BCUT2D eigenvalue weighted by molar-refractivity contribution is 7.99. The van der Waals surface area contributed by atoms with Crippen molar-refractivity contribution >= 4 is 18.0 Å². The fourth-order valence-electron chi connectivity index (χ4n) is 1.13. The van der Waals surface area contributed by atoms with Crippen LogP contribution in [0.2, 0.25) is 0 Å². The third-order valence-corrected chi connectivity index (χ3v) is 2.75. The predicted octanol–water partition coefficient (Wildman–Crippen LogP) is 2.98. The molecule has 0 unspecified atom stereocenters. The van der Waals surface area contributed by atoms with Gasteiger partial charge in [-0.25, -0.2) is 0 Å². The molecular weight excluding hydrogens is 194 g/mol. The SMILES string of the molecule is O=Cc1ccc(Sc2ccccc2)[nH]1. The van der Waals surface area contributed by atoms with E-state index in [-0.39, 0.29) is 0 Å². The van der Waals surface area contributed by atoms with Crippen LogP contribution in [0.4, 0.5) is 0 Å². The Morgan fingerprint density at radius 3 is 2.50 bits per heavy atom. The zero-order chi connectivity index (χ0) is 9.80. The average molecular weight is 203 g/mol. The zero-order valence-electron chi connectivity index (χ0n) is 7.44. The van der Waals surface area contributed by atoms with E-state index in [9.17, 15) is 4.79 Å². The van der Waals surface area contributed by atoms with Crippen LogP contribution < -0.4 is 0 Å². The van der Waals surface area contributed by atoms with Gasteiger partial charge in [0.15, 0.2) is 6.29 Å². The molecule has 1 aromatic carbocycles. The molecule has 0 saturated heterocycles. The van der Waals surface area contributed by atoms with Gasteiger partial charge in [-0.1, -0.05) is 30.0 Å². The molecule has 0 aliphatic heterocycles. The topological polar surface area (TPSA) is 32.9 Å². The van der Waals surface area contributed by atoms with E-state index in [1.54, 1.807) is 17.8 Å². The number of benzene rings is 1. The Hall–Kier alpha value is -1.48. The number of H-pyrrole nitrogens is 1. The molecule has 1 aromatic heterocycles. The first kappa shape index (κ1) is 9.09. The van der Waals surface area contributed by atoms with Crippen LogP contribution in [0.1, 0.15) is 10.5 Å². The molecule has 70 valence electrons. The highest BCUT2D eigenvalue weighted by Gasteiger charge is 1.99. The van der Waals surface area contributed by atoms with E-state index in [0.29, 0.717) is 5.69 Å². The van der Waals surface area contributed by atoms with Gasteiger partial charge in [0.2, 0.25) is 0 Å². The molecule has 0 radical (unpaired) electrons. The second kappa shape index (κ2) is 4.15. The summed E-state index contributed by atoms with van der Waals surface area (Å²) in [5, 5.41) is 0.985. The number of hydrogen-bond donors (Lipinski definition) is 1. The quantitative estimate of drug-likeness (QED) is 0.778. The van der Waals surface area contributed by atoms with Crippen LogP contribution in [-0.2, 0) is 0 Å². The first-order valence-electron chi connectivity index (χ1n) is 4.25. The van der Waals surface area contributed by atoms with Crippen molar-refractivity contribution in [3.8, 4) is 0 Å². The van der Waals surface area contributed by atoms with Crippen LogP contribution in [0.15, 0.2) is 52.4 Å². The van der Waals surface area contributed by atoms with Crippen molar-refractivity contribution in [3.05, 3.63) is 48.2 Å². The first-order valence-corrected chi connectivity index (χ1v) is 5.07. The van der Waals surface area contributed by atoms with Crippen molar-refractivity contribution in [2.24, 2.45) is 0 Å². The predicted molar refractivity (Wildman–Crippen MR) is 56.7 cm³/mol. The summed E-state index contributed by atoms with van der Waals surface area (Å²) in [6.07, 6.45) is 0.815. The molecule has 1 heterocycles. The largest absolute Gasteiger partial charge is 0.347 e. The normalized spacial score (nSPS) is 10.0. The smallest absolute Gasteiger partial charge is 0.166 e. The number of hydrogen-bond acceptors (Lipinski definition) is 2. The van der Waals surface area contributed by atoms with E-state index in [2.05, 4.69) is 4.98 Å². The Morgan fingerprint density at radius 1 is 1.07 bits per heavy atom. The molecule has 2 nitrogen and oxygen atoms in total. The van der Waals surface area contributed by atoms with Crippen molar-refractivity contribution < 1.29 is 4.79 Å². The summed E-state index contributed by atoms with van der Waals surface area (Å²) in [4.78, 5) is 14.6. The molecule has 1 N–H and O–H groups in total. The molecular formula is C11H9NOS. The summed E-state index contributed by atoms with van der Waals surface area (Å²) in [6.45, 7) is 0. The first-order chi connectivity index (χ1) is 6.88. The number of rotatable bonds is 3. The van der Waals surface area contributed by atoms with Gasteiger partial charge in [0, 0.05) is 4.90 Å². The van der Waals surface area contributed by atoms with Crippen LogP contribution in [0.3, 0.4) is 0 Å². The fraction of sp³-hybridized carbons (Fsp3) is 0. The van der Waals surface area contributed by atoms with Gasteiger partial charge >= 0.3 is 0 Å². The third kappa shape index (κ3) is 2.06. The highest BCUT2D eigenvalue weighted by atomic mass is 32.2. The van der Waals surface area contributed by atoms with E-state index in [1.807, 2.05) is 36.4 Å². The highest BCUT2D eigenvalue weighted by Crippen LogP contribution is 2.25. The molecule has 0 aliphatic rings. The third-order valence-electron chi connectivity index (χ3n) is 1.78. The standard InChI is InChI=1S/C11H9NOS/c13-8-9-6-7-11(12-9)14-10-4-2-1-3-5-10/h1-8,12H. The van der Waals surface area contributed by atoms with E-state index in [0.717, 1.165) is 16.2 Å². The van der Waals surface area contributed by atoms with Crippen molar-refractivity contribution in [1.82, 2.24) is 4.98 Å². The van der Waals surface area contributed by atoms with Crippen molar-refractivity contribution in [2.45, 2.75) is 9.92 Å².